The molecule has 0 spiro atoms. The fourth-order valence-corrected chi connectivity index (χ4v) is 3.76. The number of allylic oxidation sites excluding steroid dienone is 2. The predicted octanol–water partition coefficient (Wildman–Crippen LogP) is 6.06. The number of halogens is 2. The maximum Gasteiger partial charge on any atom is 0.291 e. The van der Waals surface area contributed by atoms with Crippen LogP contribution >= 0.6 is 23.2 Å². The Balaban J connectivity index is 1.83. The summed E-state index contributed by atoms with van der Waals surface area (Å²) < 4.78 is 16.9. The summed E-state index contributed by atoms with van der Waals surface area (Å²) in [5.74, 6) is 0.762. The molecule has 2 aromatic rings. The van der Waals surface area contributed by atoms with Crippen LogP contribution in [0.5, 0.6) is 5.95 Å². The summed E-state index contributed by atoms with van der Waals surface area (Å²) in [6.45, 7) is 5.93. The van der Waals surface area contributed by atoms with E-state index in [0.29, 0.717) is 40.0 Å². The van der Waals surface area contributed by atoms with E-state index in [-0.39, 0.29) is 17.5 Å². The molecule has 4 nitrogen and oxygen atoms in total. The number of ether oxygens (including phenoxy) is 2. The zero-order valence-corrected chi connectivity index (χ0v) is 17.8. The summed E-state index contributed by atoms with van der Waals surface area (Å²) in [6.07, 6.45) is 4.42. The van der Waals surface area contributed by atoms with E-state index in [1.54, 1.807) is 19.9 Å². The largest absolute Gasteiger partial charge is 0.468 e. The van der Waals surface area contributed by atoms with Crippen molar-refractivity contribution < 1.29 is 13.9 Å². The van der Waals surface area contributed by atoms with Gasteiger partial charge in [0.05, 0.1) is 19.3 Å². The van der Waals surface area contributed by atoms with Crippen LogP contribution in [0.15, 0.2) is 44.6 Å². The summed E-state index contributed by atoms with van der Waals surface area (Å²) in [6, 6.07) is 5.42. The topological polar surface area (TPSA) is 48.7 Å². The second kappa shape index (κ2) is 8.56. The molecule has 1 aliphatic heterocycles. The van der Waals surface area contributed by atoms with Gasteiger partial charge in [0.2, 0.25) is 0 Å². The molecular weight excluding hydrogens is 399 g/mol. The Morgan fingerprint density at radius 2 is 2.00 bits per heavy atom. The van der Waals surface area contributed by atoms with Crippen molar-refractivity contribution in [3.8, 4) is 5.95 Å². The lowest BCUT2D eigenvalue weighted by Gasteiger charge is -2.13. The van der Waals surface area contributed by atoms with Gasteiger partial charge in [-0.1, -0.05) is 47.0 Å². The smallest absolute Gasteiger partial charge is 0.291 e. The molecule has 0 amide bonds. The summed E-state index contributed by atoms with van der Waals surface area (Å²) in [7, 11) is 1.49. The summed E-state index contributed by atoms with van der Waals surface area (Å²) >= 11 is 12.2. The predicted molar refractivity (Wildman–Crippen MR) is 113 cm³/mol. The van der Waals surface area contributed by atoms with Gasteiger partial charge < -0.3 is 13.9 Å². The number of rotatable bonds is 4. The Labute approximate surface area is 174 Å². The van der Waals surface area contributed by atoms with Crippen LogP contribution in [0.4, 0.5) is 0 Å². The first-order valence-electron chi connectivity index (χ1n) is 8.92. The molecule has 1 saturated heterocycles. The average molecular weight is 421 g/mol. The standard InChI is InChI=1S/C22H22Cl2O4/c1-12(8-16-5-6-17(23)10-18(16)24)7-15-9-19(27-11-15)21-13(2)20(25)14(3)22(26-4)28-21/h5-8,10,19H,9,11H2,1-4H3/b12-8+,15-7-/t19-/m1/s1. The molecule has 1 aromatic heterocycles. The van der Waals surface area contributed by atoms with Crippen LogP contribution < -0.4 is 10.2 Å². The second-order valence-corrected chi connectivity index (χ2v) is 7.74. The third-order valence-electron chi connectivity index (χ3n) is 4.73. The van der Waals surface area contributed by atoms with Crippen LogP contribution in [0.3, 0.4) is 0 Å². The van der Waals surface area contributed by atoms with Gasteiger partial charge in [0.1, 0.15) is 11.9 Å². The minimum Gasteiger partial charge on any atom is -0.468 e. The summed E-state index contributed by atoms with van der Waals surface area (Å²) in [4.78, 5) is 12.4. The monoisotopic (exact) mass is 420 g/mol. The lowest BCUT2D eigenvalue weighted by Crippen LogP contribution is -2.15. The normalized spacial score (nSPS) is 18.7. The lowest BCUT2D eigenvalue weighted by molar-refractivity contribution is 0.0880. The molecule has 0 radical (unpaired) electrons. The highest BCUT2D eigenvalue weighted by Gasteiger charge is 2.28. The van der Waals surface area contributed by atoms with Crippen LogP contribution in [-0.4, -0.2) is 13.7 Å². The minimum atomic E-state index is -0.305. The van der Waals surface area contributed by atoms with E-state index in [4.69, 9.17) is 37.1 Å². The molecule has 6 heteroatoms. The van der Waals surface area contributed by atoms with Crippen molar-refractivity contribution >= 4 is 29.3 Å². The van der Waals surface area contributed by atoms with Gasteiger partial charge in [0.25, 0.3) is 5.95 Å². The van der Waals surface area contributed by atoms with Crippen molar-refractivity contribution in [1.82, 2.24) is 0 Å². The fourth-order valence-electron chi connectivity index (χ4n) is 3.30. The maximum atomic E-state index is 12.4. The molecule has 1 fully saturated rings. The first-order chi connectivity index (χ1) is 13.3. The molecule has 0 N–H and O–H groups in total. The number of methoxy groups -OCH3 is 1. The molecule has 148 valence electrons. The molecule has 0 saturated carbocycles. The quantitative estimate of drug-likeness (QED) is 0.602. The van der Waals surface area contributed by atoms with Crippen LogP contribution in [0, 0.1) is 13.8 Å². The van der Waals surface area contributed by atoms with E-state index in [9.17, 15) is 4.79 Å². The van der Waals surface area contributed by atoms with Crippen LogP contribution in [0.2, 0.25) is 10.0 Å². The van der Waals surface area contributed by atoms with Gasteiger partial charge in [0, 0.05) is 22.0 Å². The number of benzene rings is 1. The number of hydrogen-bond acceptors (Lipinski definition) is 4. The van der Waals surface area contributed by atoms with Gasteiger partial charge in [-0.3, -0.25) is 4.79 Å². The molecule has 28 heavy (non-hydrogen) atoms. The van der Waals surface area contributed by atoms with Crippen molar-refractivity contribution in [2.45, 2.75) is 33.3 Å². The summed E-state index contributed by atoms with van der Waals surface area (Å²) in [5.41, 5.74) is 4.02. The zero-order chi connectivity index (χ0) is 20.4. The first kappa shape index (κ1) is 20.7. The lowest BCUT2D eigenvalue weighted by atomic mass is 10.0. The average Bonchev–Trinajstić information content (AvgIpc) is 3.10. The molecule has 0 aliphatic carbocycles. The summed E-state index contributed by atoms with van der Waals surface area (Å²) in [5, 5.41) is 1.21. The van der Waals surface area contributed by atoms with Gasteiger partial charge in [0.15, 0.2) is 5.43 Å². The van der Waals surface area contributed by atoms with Crippen LogP contribution in [-0.2, 0) is 4.74 Å². The van der Waals surface area contributed by atoms with Crippen molar-refractivity contribution in [3.63, 3.8) is 0 Å². The SMILES string of the molecule is COc1oc([C@H]2C/C(=C/C(C)=C/c3ccc(Cl)cc3Cl)CO2)c(C)c(=O)c1C. The van der Waals surface area contributed by atoms with E-state index in [1.165, 1.54) is 7.11 Å². The molecule has 3 rings (SSSR count). The second-order valence-electron chi connectivity index (χ2n) is 6.90. The minimum absolute atomic E-state index is 0.0763. The van der Waals surface area contributed by atoms with E-state index >= 15 is 0 Å². The highest BCUT2D eigenvalue weighted by atomic mass is 35.5. The Morgan fingerprint density at radius 3 is 2.68 bits per heavy atom. The van der Waals surface area contributed by atoms with E-state index in [0.717, 1.165) is 16.7 Å². The van der Waals surface area contributed by atoms with Gasteiger partial charge in [-0.2, -0.15) is 0 Å². The van der Waals surface area contributed by atoms with Gasteiger partial charge >= 0.3 is 0 Å². The highest BCUT2D eigenvalue weighted by Crippen LogP contribution is 2.36. The Morgan fingerprint density at radius 1 is 1.25 bits per heavy atom. The molecular formula is C22H22Cl2O4. The van der Waals surface area contributed by atoms with Crippen molar-refractivity contribution in [2.24, 2.45) is 0 Å². The van der Waals surface area contributed by atoms with Crippen molar-refractivity contribution in [1.29, 1.82) is 0 Å². The number of hydrogen-bond donors (Lipinski definition) is 0. The molecule has 1 aromatic carbocycles. The third kappa shape index (κ3) is 4.35. The van der Waals surface area contributed by atoms with Crippen molar-refractivity contribution in [2.75, 3.05) is 13.7 Å². The first-order valence-corrected chi connectivity index (χ1v) is 9.68. The molecule has 0 bridgehead atoms. The Hall–Kier alpha value is -2.01. The van der Waals surface area contributed by atoms with E-state index in [1.807, 2.05) is 25.1 Å². The van der Waals surface area contributed by atoms with Crippen LogP contribution in [0.25, 0.3) is 6.08 Å². The zero-order valence-electron chi connectivity index (χ0n) is 16.3. The molecule has 2 heterocycles. The van der Waals surface area contributed by atoms with Crippen LogP contribution in [0.1, 0.15) is 41.9 Å². The Kier molecular flexibility index (Phi) is 6.33. The fraction of sp³-hybridized carbons (Fsp3) is 0.318. The maximum absolute atomic E-state index is 12.4. The molecule has 1 aliphatic rings. The van der Waals surface area contributed by atoms with Crippen molar-refractivity contribution in [3.05, 3.63) is 78.1 Å². The third-order valence-corrected chi connectivity index (χ3v) is 5.29. The van der Waals surface area contributed by atoms with Gasteiger partial charge in [-0.15, -0.1) is 0 Å². The van der Waals surface area contributed by atoms with E-state index in [2.05, 4.69) is 6.08 Å². The van der Waals surface area contributed by atoms with Gasteiger partial charge in [-0.05, 0) is 44.0 Å². The molecule has 0 unspecified atom stereocenters. The molecule has 1 atom stereocenters. The van der Waals surface area contributed by atoms with Gasteiger partial charge in [-0.25, -0.2) is 0 Å². The Bertz CT molecular complexity index is 1020. The van der Waals surface area contributed by atoms with E-state index < -0.39 is 0 Å². The highest BCUT2D eigenvalue weighted by molar-refractivity contribution is 6.35.